The van der Waals surface area contributed by atoms with E-state index in [0.717, 1.165) is 10.7 Å². The molecule has 0 aromatic carbocycles. The average molecular weight is 387 g/mol. The van der Waals surface area contributed by atoms with Crippen molar-refractivity contribution in [3.05, 3.63) is 29.3 Å². The summed E-state index contributed by atoms with van der Waals surface area (Å²) in [6.45, 7) is 5.26. The Labute approximate surface area is 153 Å². The van der Waals surface area contributed by atoms with Crippen molar-refractivity contribution in [2.75, 3.05) is 12.4 Å². The Bertz CT molecular complexity index is 841. The molecule has 0 spiro atoms. The molecule has 1 atom stereocenters. The fraction of sp³-hybridized carbons (Fsp3) is 0.500. The van der Waals surface area contributed by atoms with Crippen LogP contribution in [-0.2, 0) is 28.8 Å². The maximum absolute atomic E-state index is 12.7. The van der Waals surface area contributed by atoms with E-state index >= 15 is 0 Å². The summed E-state index contributed by atoms with van der Waals surface area (Å²) < 4.78 is 45.5. The van der Waals surface area contributed by atoms with Crippen LogP contribution in [0.1, 0.15) is 35.7 Å². The Hall–Kier alpha value is -2.85. The molecule has 2 aromatic rings. The van der Waals surface area contributed by atoms with E-state index < -0.39 is 29.7 Å². The third-order valence-electron chi connectivity index (χ3n) is 3.89. The minimum absolute atomic E-state index is 0.0467. The van der Waals surface area contributed by atoms with Crippen LogP contribution in [0.3, 0.4) is 0 Å². The topological polar surface area (TPSA) is 91.0 Å². The number of esters is 1. The number of nitrogens with zero attached hydrogens (tertiary/aromatic N) is 4. The molecule has 1 amide bonds. The van der Waals surface area contributed by atoms with Gasteiger partial charge < -0.3 is 10.1 Å². The number of hydrogen-bond acceptors (Lipinski definition) is 5. The first-order valence-corrected chi connectivity index (χ1v) is 8.15. The number of aromatic nitrogens is 4. The lowest BCUT2D eigenvalue weighted by Gasteiger charge is -2.13. The van der Waals surface area contributed by atoms with Crippen LogP contribution in [0.5, 0.6) is 0 Å². The molecule has 0 saturated heterocycles. The second kappa shape index (κ2) is 7.80. The predicted octanol–water partition coefficient (Wildman–Crippen LogP) is 2.49. The molecule has 1 unspecified atom stereocenters. The van der Waals surface area contributed by atoms with Crippen LogP contribution in [0.15, 0.2) is 12.3 Å². The van der Waals surface area contributed by atoms with Gasteiger partial charge in [0, 0.05) is 18.4 Å². The lowest BCUT2D eigenvalue weighted by Crippen LogP contribution is -2.26. The molecule has 2 rings (SSSR count). The monoisotopic (exact) mass is 387 g/mol. The van der Waals surface area contributed by atoms with Gasteiger partial charge in [0.2, 0.25) is 5.91 Å². The van der Waals surface area contributed by atoms with Crippen molar-refractivity contribution >= 4 is 17.6 Å². The zero-order chi connectivity index (χ0) is 20.4. The summed E-state index contributed by atoms with van der Waals surface area (Å²) in [5.41, 5.74) is -0.593. The number of anilines is 1. The minimum Gasteiger partial charge on any atom is -0.464 e. The molecular weight excluding hydrogens is 367 g/mol. The van der Waals surface area contributed by atoms with E-state index in [1.54, 1.807) is 13.8 Å². The molecule has 11 heteroatoms. The Kier molecular flexibility index (Phi) is 5.91. The van der Waals surface area contributed by atoms with E-state index in [4.69, 9.17) is 0 Å². The molecule has 0 bridgehead atoms. The van der Waals surface area contributed by atoms with Crippen LogP contribution in [-0.4, -0.2) is 38.5 Å². The Morgan fingerprint density at radius 3 is 2.52 bits per heavy atom. The Morgan fingerprint density at radius 1 is 1.33 bits per heavy atom. The molecule has 27 heavy (non-hydrogen) atoms. The summed E-state index contributed by atoms with van der Waals surface area (Å²) in [5.74, 6) is -1.90. The van der Waals surface area contributed by atoms with Crippen molar-refractivity contribution in [2.24, 2.45) is 5.92 Å². The van der Waals surface area contributed by atoms with Crippen molar-refractivity contribution in [3.8, 4) is 0 Å². The first kappa shape index (κ1) is 20.5. The largest absolute Gasteiger partial charge is 0.464 e. The highest BCUT2D eigenvalue weighted by Crippen LogP contribution is 2.28. The summed E-state index contributed by atoms with van der Waals surface area (Å²) in [6, 6.07) is 0.922. The zero-order valence-corrected chi connectivity index (χ0v) is 15.3. The second-order valence-corrected chi connectivity index (χ2v) is 5.98. The summed E-state index contributed by atoms with van der Waals surface area (Å²) in [6.07, 6.45) is -3.07. The smallest absolute Gasteiger partial charge is 0.435 e. The molecule has 0 fully saturated rings. The molecule has 1 N–H and O–H groups in total. The number of halogens is 3. The van der Waals surface area contributed by atoms with Crippen LogP contribution in [0.2, 0.25) is 0 Å². The second-order valence-electron chi connectivity index (χ2n) is 5.98. The van der Waals surface area contributed by atoms with Crippen molar-refractivity contribution in [1.29, 1.82) is 0 Å². The molecular formula is C16H20F3N5O3. The van der Waals surface area contributed by atoms with Gasteiger partial charge in [-0.1, -0.05) is 6.92 Å². The Balaban J connectivity index is 2.14. The van der Waals surface area contributed by atoms with Crippen molar-refractivity contribution in [1.82, 2.24) is 19.6 Å². The molecule has 2 aromatic heterocycles. The number of nitrogens with one attached hydrogen (secondary N) is 1. The highest BCUT2D eigenvalue weighted by molar-refractivity contribution is 6.00. The number of carbonyl (C=O) groups excluding carboxylic acids is 2. The van der Waals surface area contributed by atoms with Gasteiger partial charge in [-0.15, -0.1) is 0 Å². The summed E-state index contributed by atoms with van der Waals surface area (Å²) in [7, 11) is 1.19. The van der Waals surface area contributed by atoms with Gasteiger partial charge >= 0.3 is 12.1 Å². The van der Waals surface area contributed by atoms with Crippen molar-refractivity contribution < 1.29 is 27.5 Å². The number of alkyl halides is 3. The highest BCUT2D eigenvalue weighted by Gasteiger charge is 2.34. The van der Waals surface area contributed by atoms with Crippen molar-refractivity contribution in [3.63, 3.8) is 0 Å². The molecule has 2 heterocycles. The zero-order valence-electron chi connectivity index (χ0n) is 15.3. The van der Waals surface area contributed by atoms with Gasteiger partial charge in [-0.3, -0.25) is 14.2 Å². The lowest BCUT2D eigenvalue weighted by molar-refractivity contribution is -0.141. The first-order chi connectivity index (χ1) is 12.6. The number of methoxy groups -OCH3 is 1. The number of aryl methyl sites for hydroxylation is 2. The van der Waals surface area contributed by atoms with E-state index in [9.17, 15) is 22.8 Å². The number of amides is 1. The molecule has 8 nitrogen and oxygen atoms in total. The van der Waals surface area contributed by atoms with E-state index in [2.05, 4.69) is 20.3 Å². The summed E-state index contributed by atoms with van der Waals surface area (Å²) >= 11 is 0. The molecule has 0 aliphatic rings. The van der Waals surface area contributed by atoms with Crippen LogP contribution in [0.25, 0.3) is 0 Å². The van der Waals surface area contributed by atoms with Gasteiger partial charge in [0.1, 0.15) is 0 Å². The molecule has 0 aliphatic heterocycles. The minimum atomic E-state index is -4.55. The van der Waals surface area contributed by atoms with E-state index in [1.165, 1.54) is 24.9 Å². The molecule has 0 aliphatic carbocycles. The number of carbonyl (C=O) groups is 2. The van der Waals surface area contributed by atoms with Crippen LogP contribution < -0.4 is 5.32 Å². The fourth-order valence-electron chi connectivity index (χ4n) is 2.35. The summed E-state index contributed by atoms with van der Waals surface area (Å²) in [5, 5.41) is 10.1. The van der Waals surface area contributed by atoms with Gasteiger partial charge in [-0.2, -0.15) is 23.4 Å². The van der Waals surface area contributed by atoms with E-state index in [1.807, 2.05) is 0 Å². The number of hydrogen-bond donors (Lipinski definition) is 1. The number of rotatable bonds is 6. The number of ether oxygens (including phenoxy) is 1. The first-order valence-electron chi connectivity index (χ1n) is 8.15. The normalized spacial score (nSPS) is 12.7. The van der Waals surface area contributed by atoms with E-state index in [0.29, 0.717) is 6.54 Å². The van der Waals surface area contributed by atoms with Gasteiger partial charge in [0.05, 0.1) is 25.3 Å². The molecule has 0 radical (unpaired) electrons. The SMILES string of the molecule is CCn1cc(NC(=O)C(C)Cn2nc(C(F)(F)F)cc2C)c(C(=O)OC)n1. The van der Waals surface area contributed by atoms with Crippen LogP contribution >= 0.6 is 0 Å². The molecule has 0 saturated carbocycles. The van der Waals surface area contributed by atoms with Crippen LogP contribution in [0, 0.1) is 12.8 Å². The van der Waals surface area contributed by atoms with Crippen molar-refractivity contribution in [2.45, 2.75) is 40.0 Å². The predicted molar refractivity (Wildman–Crippen MR) is 89.0 cm³/mol. The molecule has 148 valence electrons. The fourth-order valence-corrected chi connectivity index (χ4v) is 2.35. The standard InChI is InChI=1S/C16H20F3N5O3/c1-5-23-8-11(13(22-23)15(26)27-4)20-14(25)9(2)7-24-10(3)6-12(21-24)16(17,18)19/h6,8-9H,5,7H2,1-4H3,(H,20,25). The van der Waals surface area contributed by atoms with Gasteiger partial charge in [0.25, 0.3) is 0 Å². The van der Waals surface area contributed by atoms with Gasteiger partial charge in [-0.25, -0.2) is 4.79 Å². The van der Waals surface area contributed by atoms with Gasteiger partial charge in [-0.05, 0) is 19.9 Å². The summed E-state index contributed by atoms with van der Waals surface area (Å²) in [4.78, 5) is 24.2. The third kappa shape index (κ3) is 4.66. The quantitative estimate of drug-likeness (QED) is 0.769. The average Bonchev–Trinajstić information content (AvgIpc) is 3.17. The van der Waals surface area contributed by atoms with E-state index in [-0.39, 0.29) is 23.6 Å². The highest BCUT2D eigenvalue weighted by atomic mass is 19.4. The third-order valence-corrected chi connectivity index (χ3v) is 3.89. The lowest BCUT2D eigenvalue weighted by atomic mass is 10.1. The maximum atomic E-state index is 12.7. The maximum Gasteiger partial charge on any atom is 0.435 e. The van der Waals surface area contributed by atoms with Crippen LogP contribution in [0.4, 0.5) is 18.9 Å². The van der Waals surface area contributed by atoms with Gasteiger partial charge in [0.15, 0.2) is 11.4 Å². The Morgan fingerprint density at radius 2 is 2.00 bits per heavy atom.